The summed E-state index contributed by atoms with van der Waals surface area (Å²) in [7, 11) is 3.60. The molecule has 0 fully saturated rings. The van der Waals surface area contributed by atoms with Crippen LogP contribution in [0.2, 0.25) is 0 Å². The number of nitrogens with one attached hydrogen (secondary N) is 1. The van der Waals surface area contributed by atoms with Gasteiger partial charge in [-0.15, -0.1) is 0 Å². The fourth-order valence-electron chi connectivity index (χ4n) is 4.14. The molecule has 4 rings (SSSR count). The van der Waals surface area contributed by atoms with Crippen molar-refractivity contribution >= 4 is 34.0 Å². The SMILES string of the molecule is COc1ccc2cc(CN(C)CC(=O)N3c4ccccc4NC(=O)CC3C)ccc2c1. The molecule has 2 amide bonds. The lowest BCUT2D eigenvalue weighted by atomic mass is 10.1. The van der Waals surface area contributed by atoms with Crippen LogP contribution in [0.3, 0.4) is 0 Å². The van der Waals surface area contributed by atoms with Gasteiger partial charge in [-0.2, -0.15) is 0 Å². The Labute approximate surface area is 182 Å². The third-order valence-electron chi connectivity index (χ3n) is 5.60. The van der Waals surface area contributed by atoms with Crippen molar-refractivity contribution in [2.24, 2.45) is 0 Å². The van der Waals surface area contributed by atoms with E-state index >= 15 is 0 Å². The second-order valence-electron chi connectivity index (χ2n) is 8.10. The first kappa shape index (κ1) is 20.9. The van der Waals surface area contributed by atoms with Crippen LogP contribution in [0.5, 0.6) is 5.75 Å². The largest absolute Gasteiger partial charge is 0.497 e. The quantitative estimate of drug-likeness (QED) is 0.681. The first-order chi connectivity index (χ1) is 14.9. The van der Waals surface area contributed by atoms with E-state index < -0.39 is 0 Å². The predicted octanol–water partition coefficient (Wildman–Crippen LogP) is 4.04. The van der Waals surface area contributed by atoms with Crippen LogP contribution < -0.4 is 15.0 Å². The molecule has 0 aliphatic carbocycles. The zero-order valence-electron chi connectivity index (χ0n) is 18.1. The third kappa shape index (κ3) is 4.54. The van der Waals surface area contributed by atoms with Crippen LogP contribution in [-0.2, 0) is 16.1 Å². The lowest BCUT2D eigenvalue weighted by molar-refractivity contribution is -0.120. The van der Waals surface area contributed by atoms with Crippen molar-refractivity contribution in [3.63, 3.8) is 0 Å². The Balaban J connectivity index is 1.49. The highest BCUT2D eigenvalue weighted by molar-refractivity contribution is 6.04. The molecule has 1 unspecified atom stereocenters. The zero-order chi connectivity index (χ0) is 22.0. The number of para-hydroxylation sites is 2. The van der Waals surface area contributed by atoms with E-state index in [1.807, 2.05) is 61.3 Å². The van der Waals surface area contributed by atoms with Gasteiger partial charge in [0.25, 0.3) is 0 Å². The number of nitrogens with zero attached hydrogens (tertiary/aromatic N) is 2. The Morgan fingerprint density at radius 2 is 1.87 bits per heavy atom. The molecule has 160 valence electrons. The maximum Gasteiger partial charge on any atom is 0.241 e. The van der Waals surface area contributed by atoms with Crippen LogP contribution in [0.1, 0.15) is 18.9 Å². The molecular weight excluding hydrogens is 390 g/mol. The van der Waals surface area contributed by atoms with Gasteiger partial charge in [-0.3, -0.25) is 14.5 Å². The molecule has 1 heterocycles. The minimum atomic E-state index is -0.208. The molecule has 0 radical (unpaired) electrons. The zero-order valence-corrected chi connectivity index (χ0v) is 18.1. The second kappa shape index (κ2) is 8.78. The molecule has 0 saturated heterocycles. The lowest BCUT2D eigenvalue weighted by Crippen LogP contribution is -2.44. The smallest absolute Gasteiger partial charge is 0.241 e. The Kier molecular flexibility index (Phi) is 5.91. The molecule has 0 saturated carbocycles. The number of likely N-dealkylation sites (N-methyl/N-ethyl adjacent to an activating group) is 1. The summed E-state index contributed by atoms with van der Waals surface area (Å²) in [6.07, 6.45) is 0.276. The van der Waals surface area contributed by atoms with E-state index in [1.165, 1.54) is 0 Å². The number of anilines is 2. The average molecular weight is 418 g/mol. The van der Waals surface area contributed by atoms with Crippen molar-refractivity contribution in [2.45, 2.75) is 25.9 Å². The summed E-state index contributed by atoms with van der Waals surface area (Å²) in [6, 6.07) is 19.6. The van der Waals surface area contributed by atoms with Gasteiger partial charge >= 0.3 is 0 Å². The van der Waals surface area contributed by atoms with Gasteiger partial charge in [-0.05, 0) is 60.6 Å². The Morgan fingerprint density at radius 3 is 2.68 bits per heavy atom. The fraction of sp³-hybridized carbons (Fsp3) is 0.280. The fourth-order valence-corrected chi connectivity index (χ4v) is 4.14. The Morgan fingerprint density at radius 1 is 1.13 bits per heavy atom. The molecular formula is C25H27N3O3. The average Bonchev–Trinajstić information content (AvgIpc) is 2.87. The number of methoxy groups -OCH3 is 1. The monoisotopic (exact) mass is 417 g/mol. The van der Waals surface area contributed by atoms with Gasteiger partial charge in [0.05, 0.1) is 25.0 Å². The highest BCUT2D eigenvalue weighted by Gasteiger charge is 2.29. The van der Waals surface area contributed by atoms with E-state index in [-0.39, 0.29) is 30.8 Å². The van der Waals surface area contributed by atoms with E-state index in [0.717, 1.165) is 27.8 Å². The maximum absolute atomic E-state index is 13.2. The number of carbonyl (C=O) groups excluding carboxylic acids is 2. The number of ether oxygens (including phenoxy) is 1. The number of fused-ring (bicyclic) bond motifs is 2. The Bertz CT molecular complexity index is 1130. The lowest BCUT2D eigenvalue weighted by Gasteiger charge is -2.29. The molecule has 1 atom stereocenters. The number of hydrogen-bond donors (Lipinski definition) is 1. The summed E-state index contributed by atoms with van der Waals surface area (Å²) >= 11 is 0. The summed E-state index contributed by atoms with van der Waals surface area (Å²) in [5.41, 5.74) is 2.56. The van der Waals surface area contributed by atoms with E-state index in [4.69, 9.17) is 4.74 Å². The summed E-state index contributed by atoms with van der Waals surface area (Å²) in [5.74, 6) is 0.740. The molecule has 31 heavy (non-hydrogen) atoms. The number of hydrogen-bond acceptors (Lipinski definition) is 4. The van der Waals surface area contributed by atoms with Gasteiger partial charge in [0.1, 0.15) is 5.75 Å². The van der Waals surface area contributed by atoms with Crippen molar-refractivity contribution in [3.8, 4) is 5.75 Å². The number of benzene rings is 3. The summed E-state index contributed by atoms with van der Waals surface area (Å²) in [6.45, 7) is 2.82. The summed E-state index contributed by atoms with van der Waals surface area (Å²) in [5, 5.41) is 5.16. The first-order valence-electron chi connectivity index (χ1n) is 10.4. The molecule has 0 aromatic heterocycles. The second-order valence-corrected chi connectivity index (χ2v) is 8.10. The van der Waals surface area contributed by atoms with Crippen LogP contribution in [0.4, 0.5) is 11.4 Å². The molecule has 3 aromatic rings. The maximum atomic E-state index is 13.2. The van der Waals surface area contributed by atoms with Gasteiger partial charge in [0, 0.05) is 19.0 Å². The molecule has 0 bridgehead atoms. The molecule has 3 aromatic carbocycles. The van der Waals surface area contributed by atoms with Gasteiger partial charge in [0.2, 0.25) is 11.8 Å². The van der Waals surface area contributed by atoms with Crippen LogP contribution in [0, 0.1) is 0 Å². The minimum Gasteiger partial charge on any atom is -0.497 e. The topological polar surface area (TPSA) is 61.9 Å². The van der Waals surface area contributed by atoms with Gasteiger partial charge in [-0.25, -0.2) is 0 Å². The highest BCUT2D eigenvalue weighted by atomic mass is 16.5. The standard InChI is InChI=1S/C25H27N3O3/c1-17-12-24(29)26-22-6-4-5-7-23(22)28(17)25(30)16-27(2)15-18-8-9-20-14-21(31-3)11-10-19(20)13-18/h4-11,13-14,17H,12,15-16H2,1-3H3,(H,26,29). The third-order valence-corrected chi connectivity index (χ3v) is 5.60. The van der Waals surface area contributed by atoms with E-state index in [1.54, 1.807) is 12.0 Å². The van der Waals surface area contributed by atoms with E-state index in [0.29, 0.717) is 12.2 Å². The number of amides is 2. The van der Waals surface area contributed by atoms with Crippen LogP contribution in [0.15, 0.2) is 60.7 Å². The van der Waals surface area contributed by atoms with Crippen molar-refractivity contribution in [1.82, 2.24) is 4.90 Å². The van der Waals surface area contributed by atoms with Gasteiger partial charge in [0.15, 0.2) is 0 Å². The number of rotatable bonds is 5. The van der Waals surface area contributed by atoms with Gasteiger partial charge in [-0.1, -0.05) is 30.3 Å². The van der Waals surface area contributed by atoms with Crippen molar-refractivity contribution in [1.29, 1.82) is 0 Å². The molecule has 6 nitrogen and oxygen atoms in total. The number of carbonyl (C=O) groups is 2. The van der Waals surface area contributed by atoms with Crippen LogP contribution in [-0.4, -0.2) is 43.5 Å². The first-order valence-corrected chi connectivity index (χ1v) is 10.4. The molecule has 6 heteroatoms. The van der Waals surface area contributed by atoms with Crippen molar-refractivity contribution in [2.75, 3.05) is 30.9 Å². The van der Waals surface area contributed by atoms with E-state index in [9.17, 15) is 9.59 Å². The molecule has 1 N–H and O–H groups in total. The minimum absolute atomic E-state index is 0.0236. The molecule has 1 aliphatic heterocycles. The summed E-state index contributed by atoms with van der Waals surface area (Å²) in [4.78, 5) is 29.2. The highest BCUT2D eigenvalue weighted by Crippen LogP contribution is 2.31. The molecule has 0 spiro atoms. The van der Waals surface area contributed by atoms with Crippen molar-refractivity contribution < 1.29 is 14.3 Å². The van der Waals surface area contributed by atoms with Crippen LogP contribution in [0.25, 0.3) is 10.8 Å². The summed E-state index contributed by atoms with van der Waals surface area (Å²) < 4.78 is 5.29. The van der Waals surface area contributed by atoms with Gasteiger partial charge < -0.3 is 15.0 Å². The van der Waals surface area contributed by atoms with Crippen LogP contribution >= 0.6 is 0 Å². The normalized spacial score (nSPS) is 16.1. The predicted molar refractivity (Wildman–Crippen MR) is 123 cm³/mol. The van der Waals surface area contributed by atoms with E-state index in [2.05, 4.69) is 23.5 Å². The Hall–Kier alpha value is -3.38. The van der Waals surface area contributed by atoms with Crippen molar-refractivity contribution in [3.05, 3.63) is 66.2 Å². The molecule has 1 aliphatic rings.